The lowest BCUT2D eigenvalue weighted by Gasteiger charge is -2.25. The summed E-state index contributed by atoms with van der Waals surface area (Å²) in [5, 5.41) is 0.159. The highest BCUT2D eigenvalue weighted by atomic mass is 32.2. The van der Waals surface area contributed by atoms with Crippen molar-refractivity contribution >= 4 is 10.0 Å². The van der Waals surface area contributed by atoms with E-state index in [-0.39, 0.29) is 5.03 Å². The Balaban J connectivity index is 2.26. The summed E-state index contributed by atoms with van der Waals surface area (Å²) >= 11 is 0. The first-order chi connectivity index (χ1) is 7.21. The second kappa shape index (κ2) is 4.28. The summed E-state index contributed by atoms with van der Waals surface area (Å²) in [6.07, 6.45) is 4.53. The number of hydrogen-bond donors (Lipinski definition) is 0. The van der Waals surface area contributed by atoms with Gasteiger partial charge in [-0.05, 0) is 25.0 Å². The Morgan fingerprint density at radius 3 is 2.47 bits per heavy atom. The molecule has 1 aromatic heterocycles. The SMILES string of the molecule is O=S(=O)(c1ccccn1)N1CCCCC1. The first kappa shape index (κ1) is 10.6. The van der Waals surface area contributed by atoms with E-state index in [0.717, 1.165) is 19.3 Å². The van der Waals surface area contributed by atoms with Crippen LogP contribution >= 0.6 is 0 Å². The standard InChI is InChI=1S/C10H14N2O2S/c13-15(14,10-6-2-3-7-11-10)12-8-4-1-5-9-12/h2-3,6-7H,1,4-5,8-9H2. The van der Waals surface area contributed by atoms with Gasteiger partial charge in [-0.15, -0.1) is 0 Å². The van der Waals surface area contributed by atoms with E-state index in [2.05, 4.69) is 4.98 Å². The number of piperidine rings is 1. The molecule has 2 heterocycles. The van der Waals surface area contributed by atoms with Crippen molar-refractivity contribution in [2.24, 2.45) is 0 Å². The van der Waals surface area contributed by atoms with Gasteiger partial charge in [-0.3, -0.25) is 0 Å². The van der Waals surface area contributed by atoms with Crippen LogP contribution in [0.15, 0.2) is 29.4 Å². The maximum Gasteiger partial charge on any atom is 0.260 e. The number of aromatic nitrogens is 1. The van der Waals surface area contributed by atoms with E-state index < -0.39 is 10.0 Å². The maximum atomic E-state index is 12.1. The van der Waals surface area contributed by atoms with E-state index >= 15 is 0 Å². The molecular formula is C10H14N2O2S. The van der Waals surface area contributed by atoms with Gasteiger partial charge >= 0.3 is 0 Å². The molecule has 15 heavy (non-hydrogen) atoms. The summed E-state index contributed by atoms with van der Waals surface area (Å²) in [6.45, 7) is 1.25. The zero-order chi connectivity index (χ0) is 10.7. The summed E-state index contributed by atoms with van der Waals surface area (Å²) in [6, 6.07) is 4.96. The molecule has 0 amide bonds. The highest BCUT2D eigenvalue weighted by molar-refractivity contribution is 7.89. The number of hydrogen-bond acceptors (Lipinski definition) is 3. The lowest BCUT2D eigenvalue weighted by Crippen LogP contribution is -2.35. The number of nitrogens with zero attached hydrogens (tertiary/aromatic N) is 2. The van der Waals surface area contributed by atoms with Gasteiger partial charge < -0.3 is 0 Å². The molecule has 1 saturated heterocycles. The quantitative estimate of drug-likeness (QED) is 0.762. The molecule has 0 spiro atoms. The fourth-order valence-corrected chi connectivity index (χ4v) is 3.19. The zero-order valence-corrected chi connectivity index (χ0v) is 9.28. The lowest BCUT2D eigenvalue weighted by molar-refractivity contribution is 0.345. The Morgan fingerprint density at radius 1 is 1.13 bits per heavy atom. The second-order valence-corrected chi connectivity index (χ2v) is 5.52. The van der Waals surface area contributed by atoms with Gasteiger partial charge in [0.1, 0.15) is 0 Å². The van der Waals surface area contributed by atoms with Gasteiger partial charge in [0, 0.05) is 19.3 Å². The monoisotopic (exact) mass is 226 g/mol. The molecule has 0 radical (unpaired) electrons. The van der Waals surface area contributed by atoms with Gasteiger partial charge in [-0.2, -0.15) is 4.31 Å². The summed E-state index contributed by atoms with van der Waals surface area (Å²) in [4.78, 5) is 3.90. The Kier molecular flexibility index (Phi) is 3.02. The van der Waals surface area contributed by atoms with Gasteiger partial charge in [0.05, 0.1) is 0 Å². The van der Waals surface area contributed by atoms with Gasteiger partial charge in [-0.1, -0.05) is 12.5 Å². The van der Waals surface area contributed by atoms with Crippen molar-refractivity contribution in [3.05, 3.63) is 24.4 Å². The lowest BCUT2D eigenvalue weighted by atomic mass is 10.2. The Labute approximate surface area is 90.0 Å². The molecule has 0 aliphatic carbocycles. The van der Waals surface area contributed by atoms with Gasteiger partial charge in [0.2, 0.25) is 0 Å². The molecule has 1 fully saturated rings. The van der Waals surface area contributed by atoms with Crippen LogP contribution in [0.5, 0.6) is 0 Å². The van der Waals surface area contributed by atoms with Crippen LogP contribution in [-0.2, 0) is 10.0 Å². The molecule has 1 aromatic rings. The third-order valence-corrected chi connectivity index (χ3v) is 4.37. The van der Waals surface area contributed by atoms with Crippen LogP contribution in [0.1, 0.15) is 19.3 Å². The van der Waals surface area contributed by atoms with Crippen LogP contribution < -0.4 is 0 Å². The molecule has 82 valence electrons. The van der Waals surface area contributed by atoms with Gasteiger partial charge in [0.25, 0.3) is 10.0 Å². The molecule has 0 saturated carbocycles. The topological polar surface area (TPSA) is 50.3 Å². The van der Waals surface area contributed by atoms with E-state index in [4.69, 9.17) is 0 Å². The summed E-state index contributed by atoms with van der Waals surface area (Å²) in [7, 11) is -3.34. The highest BCUT2D eigenvalue weighted by Crippen LogP contribution is 2.18. The van der Waals surface area contributed by atoms with Crippen molar-refractivity contribution in [1.29, 1.82) is 0 Å². The summed E-state index contributed by atoms with van der Waals surface area (Å²) in [5.41, 5.74) is 0. The fraction of sp³-hybridized carbons (Fsp3) is 0.500. The predicted octanol–water partition coefficient (Wildman–Crippen LogP) is 1.26. The minimum Gasteiger partial charge on any atom is -0.243 e. The van der Waals surface area contributed by atoms with E-state index in [9.17, 15) is 8.42 Å². The molecule has 1 aliphatic heterocycles. The minimum atomic E-state index is -3.34. The van der Waals surface area contributed by atoms with Crippen molar-refractivity contribution < 1.29 is 8.42 Å². The average Bonchev–Trinajstić information content (AvgIpc) is 2.31. The molecule has 4 nitrogen and oxygen atoms in total. The van der Waals surface area contributed by atoms with Crippen molar-refractivity contribution in [3.8, 4) is 0 Å². The first-order valence-electron chi connectivity index (χ1n) is 5.12. The van der Waals surface area contributed by atoms with Gasteiger partial charge in [-0.25, -0.2) is 13.4 Å². The fourth-order valence-electron chi connectivity index (χ4n) is 1.74. The van der Waals surface area contributed by atoms with Crippen LogP contribution in [0.25, 0.3) is 0 Å². The average molecular weight is 226 g/mol. The summed E-state index contributed by atoms with van der Waals surface area (Å²) in [5.74, 6) is 0. The van der Waals surface area contributed by atoms with Gasteiger partial charge in [0.15, 0.2) is 5.03 Å². The van der Waals surface area contributed by atoms with Crippen molar-refractivity contribution in [2.75, 3.05) is 13.1 Å². The van der Waals surface area contributed by atoms with E-state index in [1.54, 1.807) is 18.2 Å². The minimum absolute atomic E-state index is 0.159. The molecule has 1 aliphatic rings. The molecular weight excluding hydrogens is 212 g/mol. The maximum absolute atomic E-state index is 12.1. The first-order valence-corrected chi connectivity index (χ1v) is 6.56. The van der Waals surface area contributed by atoms with Crippen LogP contribution in [0.4, 0.5) is 0 Å². The van der Waals surface area contributed by atoms with Crippen molar-refractivity contribution in [2.45, 2.75) is 24.3 Å². The molecule has 0 atom stereocenters. The Bertz CT molecular complexity index is 410. The van der Waals surface area contributed by atoms with Crippen LogP contribution in [0, 0.1) is 0 Å². The molecule has 0 N–H and O–H groups in total. The second-order valence-electron chi connectivity index (χ2n) is 3.63. The molecule has 0 aromatic carbocycles. The van der Waals surface area contributed by atoms with Crippen LogP contribution in [0.2, 0.25) is 0 Å². The molecule has 5 heteroatoms. The zero-order valence-electron chi connectivity index (χ0n) is 8.46. The number of rotatable bonds is 2. The molecule has 0 unspecified atom stereocenters. The van der Waals surface area contributed by atoms with Crippen LogP contribution in [-0.4, -0.2) is 30.8 Å². The van der Waals surface area contributed by atoms with E-state index in [0.29, 0.717) is 13.1 Å². The number of sulfonamides is 1. The van der Waals surface area contributed by atoms with Crippen molar-refractivity contribution in [1.82, 2.24) is 9.29 Å². The van der Waals surface area contributed by atoms with E-state index in [1.165, 1.54) is 10.5 Å². The third-order valence-electron chi connectivity index (χ3n) is 2.56. The third kappa shape index (κ3) is 2.18. The van der Waals surface area contributed by atoms with Crippen molar-refractivity contribution in [3.63, 3.8) is 0 Å². The summed E-state index contributed by atoms with van der Waals surface area (Å²) < 4.78 is 25.6. The Hall–Kier alpha value is -0.940. The largest absolute Gasteiger partial charge is 0.260 e. The number of pyridine rings is 1. The molecule has 2 rings (SSSR count). The smallest absolute Gasteiger partial charge is 0.243 e. The van der Waals surface area contributed by atoms with E-state index in [1.807, 2.05) is 0 Å². The Morgan fingerprint density at radius 2 is 1.87 bits per heavy atom. The normalized spacial score (nSPS) is 18.9. The predicted molar refractivity (Wildman–Crippen MR) is 56.8 cm³/mol. The molecule has 0 bridgehead atoms. The van der Waals surface area contributed by atoms with Crippen LogP contribution in [0.3, 0.4) is 0 Å². The highest BCUT2D eigenvalue weighted by Gasteiger charge is 2.26.